The number of Topliss-reactive ketones (excluding diaryl/α,β-unsaturated/α-hetero) is 1. The molecule has 298 valence electrons. The molecule has 0 spiro atoms. The van der Waals surface area contributed by atoms with Crippen LogP contribution in [0.1, 0.15) is 102 Å². The molecule has 0 radical (unpaired) electrons. The van der Waals surface area contributed by atoms with E-state index >= 15 is 0 Å². The molecule has 2 aromatic rings. The Bertz CT molecular complexity index is 1730. The molecule has 3 aliphatic rings. The van der Waals surface area contributed by atoms with Gasteiger partial charge in [0.05, 0.1) is 18.8 Å². The lowest BCUT2D eigenvalue weighted by Crippen LogP contribution is -2.62. The number of ether oxygens (including phenoxy) is 1. The predicted octanol–water partition coefficient (Wildman–Crippen LogP) is 3.15. The Kier molecular flexibility index (Phi) is 13.5. The van der Waals surface area contributed by atoms with Crippen molar-refractivity contribution in [2.24, 2.45) is 11.3 Å². The van der Waals surface area contributed by atoms with E-state index in [-0.39, 0.29) is 37.0 Å². The second-order valence-electron chi connectivity index (χ2n) is 15.7. The summed E-state index contributed by atoms with van der Waals surface area (Å²) in [5.41, 5.74) is -0.911. The van der Waals surface area contributed by atoms with Gasteiger partial charge in [-0.05, 0) is 55.6 Å². The number of benzene rings is 1. The molecule has 1 aromatic heterocycles. The highest BCUT2D eigenvalue weighted by atomic mass is 19.2. The summed E-state index contributed by atoms with van der Waals surface area (Å²) < 4.78 is 34.7. The molecule has 3 fully saturated rings. The van der Waals surface area contributed by atoms with Gasteiger partial charge in [0, 0.05) is 24.9 Å². The van der Waals surface area contributed by atoms with E-state index in [0.29, 0.717) is 19.3 Å². The number of rotatable bonds is 15. The number of hydrogen-bond donors (Lipinski definition) is 4. The van der Waals surface area contributed by atoms with Gasteiger partial charge in [0.1, 0.15) is 29.9 Å². The molecule has 1 aliphatic heterocycles. The van der Waals surface area contributed by atoms with Crippen LogP contribution in [0.3, 0.4) is 0 Å². The SMILES string of the molecule is CCC[C@H](NC(=O)C1C[C@@H](Oc2cccc(F)c2F)CN1C(=O)[C@@H](NC(=O)[C@@H](NC(=O)c1cnccn1)C1CCCCC1)C(C)(C)C)C(=O)C(=O)NC1CC1. The van der Waals surface area contributed by atoms with Gasteiger partial charge in [0.2, 0.25) is 29.3 Å². The van der Waals surface area contributed by atoms with Gasteiger partial charge in [-0.15, -0.1) is 0 Å². The van der Waals surface area contributed by atoms with E-state index < -0.39 is 88.4 Å². The molecule has 2 saturated carbocycles. The largest absolute Gasteiger partial charge is 0.485 e. The van der Waals surface area contributed by atoms with Crippen molar-refractivity contribution in [3.05, 3.63) is 54.1 Å². The molecule has 5 atom stereocenters. The van der Waals surface area contributed by atoms with Crippen molar-refractivity contribution in [3.8, 4) is 5.75 Å². The number of nitrogens with one attached hydrogen (secondary N) is 4. The first-order valence-electron chi connectivity index (χ1n) is 19.1. The first kappa shape index (κ1) is 41.1. The van der Waals surface area contributed by atoms with E-state index in [1.807, 2.05) is 0 Å². The normalized spacial score (nSPS) is 20.4. The molecule has 16 heteroatoms. The highest BCUT2D eigenvalue weighted by Crippen LogP contribution is 2.31. The van der Waals surface area contributed by atoms with Crippen LogP contribution >= 0.6 is 0 Å². The molecule has 2 aliphatic carbocycles. The van der Waals surface area contributed by atoms with E-state index in [2.05, 4.69) is 31.2 Å². The molecule has 14 nitrogen and oxygen atoms in total. The van der Waals surface area contributed by atoms with Gasteiger partial charge in [0.25, 0.3) is 11.8 Å². The Morgan fingerprint density at radius 1 is 0.964 bits per heavy atom. The first-order chi connectivity index (χ1) is 26.2. The lowest BCUT2D eigenvalue weighted by molar-refractivity contribution is -0.145. The highest BCUT2D eigenvalue weighted by molar-refractivity contribution is 6.38. The van der Waals surface area contributed by atoms with Crippen molar-refractivity contribution in [2.75, 3.05) is 6.54 Å². The highest BCUT2D eigenvalue weighted by Gasteiger charge is 2.47. The van der Waals surface area contributed by atoms with Crippen molar-refractivity contribution in [2.45, 2.75) is 128 Å². The molecule has 1 aromatic carbocycles. The number of likely N-dealkylation sites (tertiary alicyclic amines) is 1. The van der Waals surface area contributed by atoms with E-state index in [4.69, 9.17) is 4.74 Å². The molecule has 4 N–H and O–H groups in total. The van der Waals surface area contributed by atoms with Crippen LogP contribution in [-0.2, 0) is 24.0 Å². The number of hydrogen-bond acceptors (Lipinski definition) is 9. The van der Waals surface area contributed by atoms with Gasteiger partial charge >= 0.3 is 0 Å². The van der Waals surface area contributed by atoms with Crippen LogP contribution in [0.2, 0.25) is 0 Å². The lowest BCUT2D eigenvalue weighted by Gasteiger charge is -2.37. The Hall–Kier alpha value is -5.02. The maximum atomic E-state index is 14.7. The molecular weight excluding hydrogens is 716 g/mol. The summed E-state index contributed by atoms with van der Waals surface area (Å²) in [5, 5.41) is 11.0. The number of carbonyl (C=O) groups excluding carboxylic acids is 6. The van der Waals surface area contributed by atoms with E-state index in [1.54, 1.807) is 27.7 Å². The summed E-state index contributed by atoms with van der Waals surface area (Å²) in [6.07, 6.45) is 9.11. The third kappa shape index (κ3) is 10.6. The first-order valence-corrected chi connectivity index (χ1v) is 19.1. The zero-order chi connectivity index (χ0) is 39.9. The van der Waals surface area contributed by atoms with Crippen LogP contribution in [0.25, 0.3) is 0 Å². The lowest BCUT2D eigenvalue weighted by atomic mass is 9.82. The average Bonchev–Trinajstić information content (AvgIpc) is 3.88. The number of aromatic nitrogens is 2. The van der Waals surface area contributed by atoms with Gasteiger partial charge < -0.3 is 30.9 Å². The van der Waals surface area contributed by atoms with Crippen LogP contribution in [0.5, 0.6) is 5.75 Å². The summed E-state index contributed by atoms with van der Waals surface area (Å²) in [6, 6.07) is -1.37. The maximum Gasteiger partial charge on any atom is 0.289 e. The van der Waals surface area contributed by atoms with Crippen LogP contribution in [-0.4, -0.2) is 93.0 Å². The van der Waals surface area contributed by atoms with Crippen LogP contribution in [0, 0.1) is 23.0 Å². The number of halogens is 2. The fraction of sp³-hybridized carbons (Fsp3) is 0.590. The van der Waals surface area contributed by atoms with Crippen LogP contribution in [0.15, 0.2) is 36.8 Å². The van der Waals surface area contributed by atoms with E-state index in [9.17, 15) is 37.5 Å². The smallest absolute Gasteiger partial charge is 0.289 e. The van der Waals surface area contributed by atoms with Gasteiger partial charge in [-0.1, -0.05) is 59.4 Å². The zero-order valence-electron chi connectivity index (χ0n) is 31.7. The third-order valence-electron chi connectivity index (χ3n) is 10.3. The minimum Gasteiger partial charge on any atom is -0.485 e. The number of amides is 5. The van der Waals surface area contributed by atoms with Crippen molar-refractivity contribution in [1.82, 2.24) is 36.1 Å². The number of nitrogens with zero attached hydrogens (tertiary/aromatic N) is 3. The Balaban J connectivity index is 1.41. The van der Waals surface area contributed by atoms with Gasteiger partial charge in [-0.25, -0.2) is 9.37 Å². The van der Waals surface area contributed by atoms with Gasteiger partial charge in [-0.3, -0.25) is 33.8 Å². The molecule has 2 heterocycles. The summed E-state index contributed by atoms with van der Waals surface area (Å²) in [5.74, 6) is -7.24. The molecule has 1 unspecified atom stereocenters. The monoisotopic (exact) mass is 767 g/mol. The van der Waals surface area contributed by atoms with Crippen molar-refractivity contribution in [3.63, 3.8) is 0 Å². The summed E-state index contributed by atoms with van der Waals surface area (Å²) >= 11 is 0. The van der Waals surface area contributed by atoms with Crippen molar-refractivity contribution >= 4 is 35.3 Å². The Morgan fingerprint density at radius 3 is 2.33 bits per heavy atom. The minimum atomic E-state index is -1.28. The summed E-state index contributed by atoms with van der Waals surface area (Å²) in [7, 11) is 0. The molecule has 0 bridgehead atoms. The molecule has 5 amide bonds. The van der Waals surface area contributed by atoms with Crippen molar-refractivity contribution in [1.29, 1.82) is 0 Å². The summed E-state index contributed by atoms with van der Waals surface area (Å²) in [4.78, 5) is 91.3. The van der Waals surface area contributed by atoms with Gasteiger partial charge in [0.15, 0.2) is 11.6 Å². The van der Waals surface area contributed by atoms with Crippen LogP contribution in [0.4, 0.5) is 8.78 Å². The van der Waals surface area contributed by atoms with Crippen LogP contribution < -0.4 is 26.0 Å². The Labute approximate surface area is 319 Å². The van der Waals surface area contributed by atoms with Crippen molar-refractivity contribution < 1.29 is 42.3 Å². The second kappa shape index (κ2) is 18.1. The Morgan fingerprint density at radius 2 is 1.69 bits per heavy atom. The zero-order valence-corrected chi connectivity index (χ0v) is 31.7. The fourth-order valence-corrected chi connectivity index (χ4v) is 7.14. The standard InChI is InChI=1S/C39H51F2N7O7/c1-5-10-26(32(49)37(53)44-23-15-16-23)45-35(51)28-19-24(55-29-14-9-13-25(40)30(29)41)21-48(28)38(54)33(39(2,3)4)47-36(52)31(22-11-7-6-8-12-22)46-34(50)27-20-42-17-18-43-27/h9,13-14,17-18,20,22-24,26,28,31,33H,5-8,10-12,15-16,19,21H2,1-4H3,(H,44,53)(H,45,51)(H,46,50)(H,47,52)/t24-,26+,28?,31+,33-/m1/s1. The summed E-state index contributed by atoms with van der Waals surface area (Å²) in [6.45, 7) is 6.75. The number of carbonyl (C=O) groups is 6. The average molecular weight is 768 g/mol. The third-order valence-corrected chi connectivity index (χ3v) is 10.3. The number of ketones is 1. The van der Waals surface area contributed by atoms with E-state index in [1.165, 1.54) is 35.6 Å². The molecule has 55 heavy (non-hydrogen) atoms. The topological polar surface area (TPSA) is 189 Å². The second-order valence-corrected chi connectivity index (χ2v) is 15.7. The van der Waals surface area contributed by atoms with E-state index in [0.717, 1.165) is 38.2 Å². The molecular formula is C39H51F2N7O7. The maximum absolute atomic E-state index is 14.7. The predicted molar refractivity (Wildman–Crippen MR) is 195 cm³/mol. The minimum absolute atomic E-state index is 0.0242. The molecule has 5 rings (SSSR count). The quantitative estimate of drug-likeness (QED) is 0.198. The fourth-order valence-electron chi connectivity index (χ4n) is 7.14. The molecule has 1 saturated heterocycles. The van der Waals surface area contributed by atoms with Gasteiger partial charge in [-0.2, -0.15) is 4.39 Å².